The van der Waals surface area contributed by atoms with Crippen molar-refractivity contribution in [1.82, 2.24) is 0 Å². The van der Waals surface area contributed by atoms with Crippen molar-refractivity contribution >= 4 is 5.91 Å². The number of rotatable bonds is 4. The molecule has 8 heteroatoms. The molecule has 1 rings (SSSR count). The summed E-state index contributed by atoms with van der Waals surface area (Å²) in [5.74, 6) is -0.950. The number of nitro groups is 1. The maximum absolute atomic E-state index is 12.4. The predicted octanol–water partition coefficient (Wildman–Crippen LogP) is 1.90. The second-order valence-electron chi connectivity index (χ2n) is 3.59. The van der Waals surface area contributed by atoms with Gasteiger partial charge in [-0.2, -0.15) is 13.2 Å². The Morgan fingerprint density at radius 3 is 2.50 bits per heavy atom. The van der Waals surface area contributed by atoms with Crippen LogP contribution in [0.4, 0.5) is 13.2 Å². The standard InChI is InChI=1S/C10H9F3N2O3/c11-10(12,13)7-3-1-2-6(4-7)8(15(17)18)5-9(14)16/h1-4,8H,5H2,(H2,14,16). The molecule has 1 aromatic carbocycles. The molecule has 0 bridgehead atoms. The number of carbonyl (C=O) groups excluding carboxylic acids is 1. The van der Waals surface area contributed by atoms with Crippen LogP contribution in [0.2, 0.25) is 0 Å². The molecule has 0 spiro atoms. The smallest absolute Gasteiger partial charge is 0.369 e. The van der Waals surface area contributed by atoms with Crippen LogP contribution >= 0.6 is 0 Å². The van der Waals surface area contributed by atoms with E-state index in [4.69, 9.17) is 5.73 Å². The summed E-state index contributed by atoms with van der Waals surface area (Å²) in [5.41, 5.74) is 3.62. The van der Waals surface area contributed by atoms with E-state index in [1.165, 1.54) is 0 Å². The lowest BCUT2D eigenvalue weighted by molar-refractivity contribution is -0.527. The molecule has 0 aliphatic heterocycles. The highest BCUT2D eigenvalue weighted by atomic mass is 19.4. The first-order valence-corrected chi connectivity index (χ1v) is 4.80. The number of nitrogens with zero attached hydrogens (tertiary/aromatic N) is 1. The van der Waals surface area contributed by atoms with Crippen molar-refractivity contribution in [3.8, 4) is 0 Å². The summed E-state index contributed by atoms with van der Waals surface area (Å²) in [4.78, 5) is 20.5. The highest BCUT2D eigenvalue weighted by Gasteiger charge is 2.33. The highest BCUT2D eigenvalue weighted by Crippen LogP contribution is 2.31. The summed E-state index contributed by atoms with van der Waals surface area (Å²) in [6.45, 7) is 0. The Hall–Kier alpha value is -2.12. The van der Waals surface area contributed by atoms with Crippen LogP contribution < -0.4 is 5.73 Å². The topological polar surface area (TPSA) is 86.2 Å². The predicted molar refractivity (Wildman–Crippen MR) is 55.0 cm³/mol. The molecule has 1 unspecified atom stereocenters. The van der Waals surface area contributed by atoms with Gasteiger partial charge in [0, 0.05) is 10.5 Å². The van der Waals surface area contributed by atoms with Gasteiger partial charge in [0.2, 0.25) is 11.9 Å². The molecule has 0 aromatic heterocycles. The molecule has 1 atom stereocenters. The fourth-order valence-corrected chi connectivity index (χ4v) is 1.43. The van der Waals surface area contributed by atoms with E-state index in [1.54, 1.807) is 0 Å². The normalized spacial score (nSPS) is 13.1. The molecule has 0 saturated carbocycles. The van der Waals surface area contributed by atoms with Crippen LogP contribution in [0.5, 0.6) is 0 Å². The maximum Gasteiger partial charge on any atom is 0.416 e. The first-order chi connectivity index (χ1) is 8.21. The number of hydrogen-bond donors (Lipinski definition) is 1. The van der Waals surface area contributed by atoms with E-state index in [9.17, 15) is 28.1 Å². The Bertz CT molecular complexity index is 474. The number of alkyl halides is 3. The SMILES string of the molecule is NC(=O)CC(c1cccc(C(F)(F)F)c1)[N+](=O)[O-]. The first-order valence-electron chi connectivity index (χ1n) is 4.80. The van der Waals surface area contributed by atoms with E-state index < -0.39 is 35.0 Å². The molecule has 1 aromatic rings. The number of benzene rings is 1. The van der Waals surface area contributed by atoms with Gasteiger partial charge in [-0.3, -0.25) is 14.9 Å². The van der Waals surface area contributed by atoms with Crippen LogP contribution in [0.3, 0.4) is 0 Å². The van der Waals surface area contributed by atoms with Gasteiger partial charge in [0.15, 0.2) is 0 Å². The summed E-state index contributed by atoms with van der Waals surface area (Å²) in [7, 11) is 0. The van der Waals surface area contributed by atoms with Crippen LogP contribution in [-0.4, -0.2) is 10.8 Å². The van der Waals surface area contributed by atoms with Crippen molar-refractivity contribution in [2.45, 2.75) is 18.6 Å². The molecule has 1 amide bonds. The van der Waals surface area contributed by atoms with Crippen molar-refractivity contribution in [2.75, 3.05) is 0 Å². The molecule has 0 aliphatic rings. The van der Waals surface area contributed by atoms with E-state index in [2.05, 4.69) is 0 Å². The summed E-state index contributed by atoms with van der Waals surface area (Å²) in [6, 6.07) is 2.09. The molecule has 0 heterocycles. The fourth-order valence-electron chi connectivity index (χ4n) is 1.43. The highest BCUT2D eigenvalue weighted by molar-refractivity contribution is 5.74. The molecule has 2 N–H and O–H groups in total. The molecule has 98 valence electrons. The quantitative estimate of drug-likeness (QED) is 0.664. The van der Waals surface area contributed by atoms with Crippen molar-refractivity contribution < 1.29 is 22.9 Å². The molecule has 0 aliphatic carbocycles. The van der Waals surface area contributed by atoms with E-state index in [0.717, 1.165) is 18.2 Å². The minimum Gasteiger partial charge on any atom is -0.369 e. The molecule has 0 radical (unpaired) electrons. The number of amides is 1. The lowest BCUT2D eigenvalue weighted by atomic mass is 10.0. The van der Waals surface area contributed by atoms with Gasteiger partial charge >= 0.3 is 6.18 Å². The fraction of sp³-hybridized carbons (Fsp3) is 0.300. The summed E-state index contributed by atoms with van der Waals surface area (Å²) in [6.07, 6.45) is -5.24. The Morgan fingerprint density at radius 2 is 2.06 bits per heavy atom. The zero-order valence-electron chi connectivity index (χ0n) is 8.98. The second kappa shape index (κ2) is 5.03. The Labute approximate surface area is 99.5 Å². The Morgan fingerprint density at radius 1 is 1.44 bits per heavy atom. The van der Waals surface area contributed by atoms with E-state index >= 15 is 0 Å². The van der Waals surface area contributed by atoms with Gasteiger partial charge in [0.05, 0.1) is 12.0 Å². The van der Waals surface area contributed by atoms with Crippen LogP contribution in [0, 0.1) is 10.1 Å². The van der Waals surface area contributed by atoms with Gasteiger partial charge in [-0.15, -0.1) is 0 Å². The average Bonchev–Trinajstić information content (AvgIpc) is 2.24. The van der Waals surface area contributed by atoms with Crippen LogP contribution in [0.1, 0.15) is 23.6 Å². The van der Waals surface area contributed by atoms with Crippen molar-refractivity contribution in [2.24, 2.45) is 5.73 Å². The van der Waals surface area contributed by atoms with Crippen molar-refractivity contribution in [3.63, 3.8) is 0 Å². The number of halogens is 3. The van der Waals surface area contributed by atoms with Gasteiger partial charge in [-0.1, -0.05) is 12.1 Å². The van der Waals surface area contributed by atoms with Crippen molar-refractivity contribution in [1.29, 1.82) is 0 Å². The van der Waals surface area contributed by atoms with Crippen LogP contribution in [0.25, 0.3) is 0 Å². The first kappa shape index (κ1) is 13.9. The van der Waals surface area contributed by atoms with Crippen molar-refractivity contribution in [3.05, 3.63) is 45.5 Å². The summed E-state index contributed by atoms with van der Waals surface area (Å²) >= 11 is 0. The van der Waals surface area contributed by atoms with Gasteiger partial charge in [-0.25, -0.2) is 0 Å². The molecule has 18 heavy (non-hydrogen) atoms. The molecule has 0 fully saturated rings. The largest absolute Gasteiger partial charge is 0.416 e. The molecule has 0 saturated heterocycles. The zero-order chi connectivity index (χ0) is 13.9. The number of primary amides is 1. The van der Waals surface area contributed by atoms with Gasteiger partial charge in [0.1, 0.15) is 0 Å². The van der Waals surface area contributed by atoms with Crippen LogP contribution in [0.15, 0.2) is 24.3 Å². The van der Waals surface area contributed by atoms with Gasteiger partial charge in [-0.05, 0) is 12.1 Å². The third kappa shape index (κ3) is 3.44. The second-order valence-corrected chi connectivity index (χ2v) is 3.59. The summed E-state index contributed by atoms with van der Waals surface area (Å²) < 4.78 is 37.3. The number of nitrogens with two attached hydrogens (primary N) is 1. The average molecular weight is 262 g/mol. The summed E-state index contributed by atoms with van der Waals surface area (Å²) in [5, 5.41) is 10.7. The lowest BCUT2D eigenvalue weighted by Crippen LogP contribution is -2.21. The van der Waals surface area contributed by atoms with Gasteiger partial charge < -0.3 is 5.73 Å². The molecule has 5 nitrogen and oxygen atoms in total. The van der Waals surface area contributed by atoms with E-state index in [-0.39, 0.29) is 5.56 Å². The third-order valence-corrected chi connectivity index (χ3v) is 2.25. The Balaban J connectivity index is 3.13. The van der Waals surface area contributed by atoms with Crippen LogP contribution in [-0.2, 0) is 11.0 Å². The monoisotopic (exact) mass is 262 g/mol. The van der Waals surface area contributed by atoms with E-state index in [1.807, 2.05) is 0 Å². The molecular formula is C10H9F3N2O3. The number of hydrogen-bond acceptors (Lipinski definition) is 3. The van der Waals surface area contributed by atoms with E-state index in [0.29, 0.717) is 6.07 Å². The maximum atomic E-state index is 12.4. The zero-order valence-corrected chi connectivity index (χ0v) is 8.98. The Kier molecular flexibility index (Phi) is 3.89. The minimum atomic E-state index is -4.59. The minimum absolute atomic E-state index is 0.200. The lowest BCUT2D eigenvalue weighted by Gasteiger charge is -2.11. The third-order valence-electron chi connectivity index (χ3n) is 2.25. The van der Waals surface area contributed by atoms with Gasteiger partial charge in [0.25, 0.3) is 0 Å². The number of carbonyl (C=O) groups is 1. The molecular weight excluding hydrogens is 253 g/mol.